The fourth-order valence-corrected chi connectivity index (χ4v) is 17.9. The van der Waals surface area contributed by atoms with E-state index in [0.29, 0.717) is 59.8 Å². The highest BCUT2D eigenvalue weighted by molar-refractivity contribution is 5.80. The van der Waals surface area contributed by atoms with Crippen LogP contribution in [0.5, 0.6) is 0 Å². The van der Waals surface area contributed by atoms with E-state index >= 15 is 0 Å². The van der Waals surface area contributed by atoms with Gasteiger partial charge in [-0.2, -0.15) is 0 Å². The first-order valence-electron chi connectivity index (χ1n) is 45.5. The molecule has 0 bridgehead atoms. The summed E-state index contributed by atoms with van der Waals surface area (Å²) in [4.78, 5) is 35.0. The molecule has 16 nitrogen and oxygen atoms in total. The minimum Gasteiger partial charge on any atom is -0.395 e. The third-order valence-corrected chi connectivity index (χ3v) is 27.6. The zero-order valence-corrected chi connectivity index (χ0v) is 76.1. The minimum atomic E-state index is -0.727. The molecule has 0 heterocycles. The molecule has 11 saturated carbocycles. The van der Waals surface area contributed by atoms with E-state index in [1.54, 1.807) is 4.90 Å². The standard InChI is InChI=1S/C10H19NO2.C10H19NO.C10H20.C9H18O.C8H15NO.2C8H16O2.3C8H16O.C7H14O/c1-7(2)8-5-9(6-8)10(13)11-3-4-12;1-7(2)8-5-9(6-8)10(12)11(3)4;1-4-9-6-10(7-9)5-8(2)3;1-7(2)8-3-5-9(10)6-4-8;1-5(2)6-3-7(4-6)8(9)10;1-6(2)7-3-8(10,4-7)5-9;1-5(2)6-3-7(9)8(10)4-6;1-6(2)7-4-8(3,9)5-7;1-6(2)3-7-4-8(9)5-7;1-6(2)7-4-3-5-8(7)9;1-5(2)6-3-7(8)4-6/h7-9,12H,3-6H2,1-2H3,(H,11,13);7-9H,5-6H2,1-4H3;8-10H,4-7H2,1-3H3;7-10H,3-6H2,1-2H3;5-7H,3-4H2,1-2H3,(H2,9,10);6-7,9-10H,3-5H2,1-2H3;5-10H,3-4H2,1-2H3;6-7,9H,4-5H2,1-3H3;2*6-9H,3-5H2,1-2H3;5-8H,3-4H2,1-2H3. The molecule has 0 radical (unpaired) electrons. The summed E-state index contributed by atoms with van der Waals surface area (Å²) < 4.78 is 0. The van der Waals surface area contributed by atoms with Gasteiger partial charge in [0.15, 0.2) is 0 Å². The number of nitrogens with one attached hydrogen (secondary N) is 1. The Labute approximate surface area is 677 Å². The van der Waals surface area contributed by atoms with Gasteiger partial charge in [0.1, 0.15) is 0 Å². The Morgan fingerprint density at radius 1 is 0.409 bits per heavy atom. The van der Waals surface area contributed by atoms with Crippen LogP contribution in [0.25, 0.3) is 0 Å². The smallest absolute Gasteiger partial charge is 0.225 e. The normalized spacial score (nSPS) is 34.7. The van der Waals surface area contributed by atoms with Gasteiger partial charge in [0.2, 0.25) is 17.7 Å². The molecular formula is C94H185N3O13. The number of amides is 3. The molecule has 4 atom stereocenters. The van der Waals surface area contributed by atoms with Crippen LogP contribution < -0.4 is 11.1 Å². The Bertz CT molecular complexity index is 2330. The summed E-state index contributed by atoms with van der Waals surface area (Å²) in [5.74, 6) is 18.6. The summed E-state index contributed by atoms with van der Waals surface area (Å²) in [7, 11) is 3.68. The molecule has 11 aliphatic carbocycles. The molecule has 11 rings (SSSR count). The van der Waals surface area contributed by atoms with Crippen LogP contribution in [0.15, 0.2) is 0 Å². The fraction of sp³-hybridized carbons (Fsp3) is 0.968. The maximum Gasteiger partial charge on any atom is 0.225 e. The Kier molecular flexibility index (Phi) is 51.5. The molecule has 0 aromatic heterocycles. The van der Waals surface area contributed by atoms with Gasteiger partial charge in [-0.05, 0) is 310 Å². The summed E-state index contributed by atoms with van der Waals surface area (Å²) in [6, 6.07) is 0. The van der Waals surface area contributed by atoms with Crippen molar-refractivity contribution in [1.29, 1.82) is 0 Å². The van der Waals surface area contributed by atoms with Gasteiger partial charge in [-0.1, -0.05) is 172 Å². The molecule has 11 fully saturated rings. The molecule has 4 unspecified atom stereocenters. The highest BCUT2D eigenvalue weighted by Crippen LogP contribution is 2.45. The summed E-state index contributed by atoms with van der Waals surface area (Å²) in [6.45, 7) is 53.4. The van der Waals surface area contributed by atoms with Gasteiger partial charge in [0.25, 0.3) is 0 Å². The van der Waals surface area contributed by atoms with Crippen molar-refractivity contribution in [2.75, 3.05) is 33.9 Å². The van der Waals surface area contributed by atoms with Gasteiger partial charge < -0.3 is 67.0 Å². The second-order valence-electron chi connectivity index (χ2n) is 41.7. The van der Waals surface area contributed by atoms with Crippen LogP contribution in [0.1, 0.15) is 346 Å². The maximum absolute atomic E-state index is 11.4. The molecule has 0 aromatic carbocycles. The lowest BCUT2D eigenvalue weighted by atomic mass is 9.67. The lowest BCUT2D eigenvalue weighted by Gasteiger charge is -2.44. The molecule has 0 spiro atoms. The molecule has 16 heteroatoms. The number of carbonyl (C=O) groups excluding carboxylic acids is 3. The monoisotopic (exact) mass is 1560 g/mol. The molecule has 0 aliphatic heterocycles. The van der Waals surface area contributed by atoms with E-state index in [2.05, 4.69) is 165 Å². The number of nitrogens with zero attached hydrogens (tertiary/aromatic N) is 1. The predicted octanol–water partition coefficient (Wildman–Crippen LogP) is 17.7. The first-order valence-corrected chi connectivity index (χ1v) is 45.5. The van der Waals surface area contributed by atoms with Crippen molar-refractivity contribution in [3.8, 4) is 0 Å². The second kappa shape index (κ2) is 53.4. The lowest BCUT2D eigenvalue weighted by molar-refractivity contribution is -0.138. The Balaban J connectivity index is 0.000000606. The van der Waals surface area contributed by atoms with Crippen molar-refractivity contribution in [2.45, 2.75) is 394 Å². The van der Waals surface area contributed by atoms with Crippen LogP contribution in [-0.2, 0) is 14.4 Å². The van der Waals surface area contributed by atoms with Gasteiger partial charge in [-0.15, -0.1) is 0 Å². The van der Waals surface area contributed by atoms with Gasteiger partial charge in [-0.25, -0.2) is 0 Å². The van der Waals surface area contributed by atoms with Crippen LogP contribution in [0.3, 0.4) is 0 Å². The number of hydrogen-bond acceptors (Lipinski definition) is 13. The van der Waals surface area contributed by atoms with Crippen LogP contribution in [0.2, 0.25) is 0 Å². The van der Waals surface area contributed by atoms with E-state index < -0.39 is 17.8 Å². The zero-order chi connectivity index (χ0) is 84.4. The molecule has 11 aliphatic rings. The number of rotatable bonds is 20. The van der Waals surface area contributed by atoms with Crippen molar-refractivity contribution in [3.63, 3.8) is 0 Å². The highest BCUT2D eigenvalue weighted by atomic mass is 16.3. The number of carbonyl (C=O) groups is 3. The third kappa shape index (κ3) is 41.9. The summed E-state index contributed by atoms with van der Waals surface area (Å²) in [5.41, 5.74) is 4.07. The number of nitrogens with two attached hydrogens (primary N) is 1. The largest absolute Gasteiger partial charge is 0.395 e. The van der Waals surface area contributed by atoms with E-state index in [4.69, 9.17) is 36.4 Å². The van der Waals surface area contributed by atoms with Crippen molar-refractivity contribution < 1.29 is 65.4 Å². The van der Waals surface area contributed by atoms with E-state index in [1.165, 1.54) is 57.8 Å². The fourth-order valence-electron chi connectivity index (χ4n) is 17.9. The van der Waals surface area contributed by atoms with Crippen LogP contribution in [0.4, 0.5) is 0 Å². The molecular weight excluding hydrogens is 1380 g/mol. The number of hydrogen-bond donors (Lipinski definition) is 12. The SMILES string of the molecule is CC(C)C1CC(C(=O)N(C)C)C1.CC(C)C1CC(C(=O)NCCO)C1.CC(C)C1CC(C(N)=O)C1.CC(C)C1CC(C)(O)C1.CC(C)C1CC(O)(CO)C1.CC(C)C1CC(O)C(O)C1.CC(C)C1CC(O)C1.CC(C)C1CCC(O)CC1.CC(C)C1CCCC1O.CC(C)CC1CC(O)C1.CCC1CC(CC(C)C)C1. The van der Waals surface area contributed by atoms with Gasteiger partial charge >= 0.3 is 0 Å². The molecule has 3 amide bonds. The first kappa shape index (κ1) is 106. The number of aliphatic hydroxyl groups excluding tert-OH is 8. The van der Waals surface area contributed by atoms with Gasteiger partial charge in [0, 0.05) is 38.4 Å². The Morgan fingerprint density at radius 2 is 0.773 bits per heavy atom. The number of aliphatic hydroxyl groups is 10. The van der Waals surface area contributed by atoms with Crippen LogP contribution in [-0.4, -0.2) is 155 Å². The summed E-state index contributed by atoms with van der Waals surface area (Å²) in [6.07, 6.45) is 30.0. The van der Waals surface area contributed by atoms with Crippen molar-refractivity contribution in [2.24, 2.45) is 160 Å². The van der Waals surface area contributed by atoms with Crippen LogP contribution >= 0.6 is 0 Å². The van der Waals surface area contributed by atoms with Crippen LogP contribution in [0, 0.1) is 154 Å². The zero-order valence-electron chi connectivity index (χ0n) is 76.1. The number of primary amides is 1. The molecule has 13 N–H and O–H groups in total. The second-order valence-corrected chi connectivity index (χ2v) is 41.7. The quantitative estimate of drug-likeness (QED) is 0.0541. The highest BCUT2D eigenvalue weighted by Gasteiger charge is 2.44. The molecule has 0 aromatic rings. The van der Waals surface area contributed by atoms with E-state index in [1.807, 2.05) is 21.0 Å². The van der Waals surface area contributed by atoms with Crippen molar-refractivity contribution >= 4 is 17.7 Å². The van der Waals surface area contributed by atoms with Gasteiger partial charge in [-0.3, -0.25) is 14.4 Å². The first-order chi connectivity index (χ1) is 51.0. The third-order valence-electron chi connectivity index (χ3n) is 27.6. The van der Waals surface area contributed by atoms with E-state index in [-0.39, 0.29) is 66.9 Å². The summed E-state index contributed by atoms with van der Waals surface area (Å²) >= 11 is 0. The average Bonchev–Trinajstić information content (AvgIpc) is 1.05. The maximum atomic E-state index is 11.4. The lowest BCUT2D eigenvalue weighted by Crippen LogP contribution is -2.48. The average molecular weight is 1570 g/mol. The van der Waals surface area contributed by atoms with Crippen molar-refractivity contribution in [3.05, 3.63) is 0 Å². The molecule has 0 saturated heterocycles. The molecule has 110 heavy (non-hydrogen) atoms. The Morgan fingerprint density at radius 3 is 1.05 bits per heavy atom. The summed E-state index contributed by atoms with van der Waals surface area (Å²) in [5, 5.41) is 93.3. The topological polar surface area (TPSA) is 295 Å². The van der Waals surface area contributed by atoms with E-state index in [9.17, 15) is 34.8 Å². The van der Waals surface area contributed by atoms with Gasteiger partial charge in [0.05, 0.1) is 61.0 Å². The molecule has 654 valence electrons. The van der Waals surface area contributed by atoms with Crippen molar-refractivity contribution in [1.82, 2.24) is 10.2 Å². The Hall–Kier alpha value is -1.99. The van der Waals surface area contributed by atoms with E-state index in [0.717, 1.165) is 217 Å². The predicted molar refractivity (Wildman–Crippen MR) is 457 cm³/mol. The minimum absolute atomic E-state index is 0.00463.